The molecular formula is C10H19NO3. The highest BCUT2D eigenvalue weighted by molar-refractivity contribution is 5.75. The third-order valence-electron chi connectivity index (χ3n) is 2.43. The maximum Gasteiger partial charge on any atom is 0.220 e. The summed E-state index contributed by atoms with van der Waals surface area (Å²) in [5, 5.41) is 12.2. The number of aliphatic hydroxyl groups is 1. The largest absolute Gasteiger partial charge is 0.391 e. The van der Waals surface area contributed by atoms with Gasteiger partial charge in [-0.25, -0.2) is 0 Å². The van der Waals surface area contributed by atoms with Crippen LogP contribution in [-0.4, -0.2) is 37.4 Å². The molecule has 0 spiro atoms. The normalized spacial score (nSPS) is 17.9. The van der Waals surface area contributed by atoms with Gasteiger partial charge in [-0.1, -0.05) is 0 Å². The molecule has 4 heteroatoms. The molecule has 0 aromatic rings. The Morgan fingerprint density at radius 3 is 2.93 bits per heavy atom. The van der Waals surface area contributed by atoms with E-state index in [4.69, 9.17) is 4.74 Å². The Morgan fingerprint density at radius 2 is 2.36 bits per heavy atom. The maximum absolute atomic E-state index is 11.2. The van der Waals surface area contributed by atoms with Crippen molar-refractivity contribution >= 4 is 5.91 Å². The molecule has 14 heavy (non-hydrogen) atoms. The van der Waals surface area contributed by atoms with E-state index in [1.54, 1.807) is 7.11 Å². The zero-order valence-electron chi connectivity index (χ0n) is 8.66. The van der Waals surface area contributed by atoms with E-state index in [1.165, 1.54) is 0 Å². The molecule has 0 aromatic heterocycles. The standard InChI is InChI=1S/C10H19NO3/c1-14-6-2-3-10(13)11-7-9(12)8-4-5-8/h8-9,12H,2-7H2,1H3,(H,11,13). The van der Waals surface area contributed by atoms with Crippen LogP contribution < -0.4 is 5.32 Å². The van der Waals surface area contributed by atoms with Crippen LogP contribution >= 0.6 is 0 Å². The molecule has 0 aliphatic heterocycles. The summed E-state index contributed by atoms with van der Waals surface area (Å²) in [6.07, 6.45) is 3.07. The van der Waals surface area contributed by atoms with Crippen molar-refractivity contribution in [3.05, 3.63) is 0 Å². The lowest BCUT2D eigenvalue weighted by molar-refractivity contribution is -0.121. The highest BCUT2D eigenvalue weighted by atomic mass is 16.5. The number of ether oxygens (including phenoxy) is 1. The minimum atomic E-state index is -0.346. The Kier molecular flexibility index (Phi) is 4.90. The molecule has 0 saturated heterocycles. The first-order valence-electron chi connectivity index (χ1n) is 5.17. The highest BCUT2D eigenvalue weighted by Crippen LogP contribution is 2.32. The number of hydrogen-bond donors (Lipinski definition) is 2. The fourth-order valence-electron chi connectivity index (χ4n) is 1.33. The second-order valence-corrected chi connectivity index (χ2v) is 3.81. The molecule has 1 aliphatic rings. The smallest absolute Gasteiger partial charge is 0.220 e. The second kappa shape index (κ2) is 5.98. The fraction of sp³-hybridized carbons (Fsp3) is 0.900. The van der Waals surface area contributed by atoms with Gasteiger partial charge in [0.1, 0.15) is 0 Å². The molecular weight excluding hydrogens is 182 g/mol. The van der Waals surface area contributed by atoms with Crippen molar-refractivity contribution in [3.63, 3.8) is 0 Å². The van der Waals surface area contributed by atoms with E-state index in [9.17, 15) is 9.90 Å². The van der Waals surface area contributed by atoms with Gasteiger partial charge in [0.05, 0.1) is 6.10 Å². The molecule has 0 heterocycles. The van der Waals surface area contributed by atoms with Gasteiger partial charge in [0.15, 0.2) is 0 Å². The Balaban J connectivity index is 1.96. The van der Waals surface area contributed by atoms with Crippen LogP contribution in [0.5, 0.6) is 0 Å². The van der Waals surface area contributed by atoms with Gasteiger partial charge in [0.25, 0.3) is 0 Å². The van der Waals surface area contributed by atoms with Crippen LogP contribution in [0.2, 0.25) is 0 Å². The zero-order chi connectivity index (χ0) is 10.4. The number of carbonyl (C=O) groups excluding carboxylic acids is 1. The Morgan fingerprint density at radius 1 is 1.64 bits per heavy atom. The predicted octanol–water partition coefficient (Wildman–Crippen LogP) is 0.300. The summed E-state index contributed by atoms with van der Waals surface area (Å²) in [6, 6.07) is 0. The van der Waals surface area contributed by atoms with Crippen LogP contribution in [0.15, 0.2) is 0 Å². The molecule has 1 fully saturated rings. The van der Waals surface area contributed by atoms with Gasteiger partial charge in [-0.2, -0.15) is 0 Å². The topological polar surface area (TPSA) is 58.6 Å². The molecule has 1 saturated carbocycles. The molecule has 1 aliphatic carbocycles. The van der Waals surface area contributed by atoms with Crippen molar-refractivity contribution < 1.29 is 14.6 Å². The third-order valence-corrected chi connectivity index (χ3v) is 2.43. The first kappa shape index (κ1) is 11.5. The quantitative estimate of drug-likeness (QED) is 0.582. The lowest BCUT2D eigenvalue weighted by Gasteiger charge is -2.10. The summed E-state index contributed by atoms with van der Waals surface area (Å²) in [7, 11) is 1.62. The van der Waals surface area contributed by atoms with E-state index in [2.05, 4.69) is 5.32 Å². The predicted molar refractivity (Wildman–Crippen MR) is 52.9 cm³/mol. The van der Waals surface area contributed by atoms with Crippen molar-refractivity contribution in [2.24, 2.45) is 5.92 Å². The van der Waals surface area contributed by atoms with E-state index in [-0.39, 0.29) is 12.0 Å². The van der Waals surface area contributed by atoms with E-state index >= 15 is 0 Å². The molecule has 82 valence electrons. The minimum Gasteiger partial charge on any atom is -0.391 e. The molecule has 1 rings (SSSR count). The second-order valence-electron chi connectivity index (χ2n) is 3.81. The van der Waals surface area contributed by atoms with Gasteiger partial charge in [0.2, 0.25) is 5.91 Å². The monoisotopic (exact) mass is 201 g/mol. The number of carbonyl (C=O) groups is 1. The van der Waals surface area contributed by atoms with Gasteiger partial charge < -0.3 is 15.2 Å². The van der Waals surface area contributed by atoms with Crippen LogP contribution in [0, 0.1) is 5.92 Å². The zero-order valence-corrected chi connectivity index (χ0v) is 8.66. The molecule has 0 radical (unpaired) electrons. The number of amides is 1. The van der Waals surface area contributed by atoms with Gasteiger partial charge in [-0.3, -0.25) is 4.79 Å². The minimum absolute atomic E-state index is 0.00162. The van der Waals surface area contributed by atoms with E-state index in [1.807, 2.05) is 0 Å². The van der Waals surface area contributed by atoms with Crippen molar-refractivity contribution in [2.75, 3.05) is 20.3 Å². The summed E-state index contributed by atoms with van der Waals surface area (Å²) < 4.78 is 4.84. The van der Waals surface area contributed by atoms with E-state index in [0.29, 0.717) is 25.5 Å². The SMILES string of the molecule is COCCCC(=O)NCC(O)C1CC1. The van der Waals surface area contributed by atoms with Crippen molar-refractivity contribution in [3.8, 4) is 0 Å². The summed E-state index contributed by atoms with van der Waals surface area (Å²) in [4.78, 5) is 11.2. The molecule has 2 N–H and O–H groups in total. The average molecular weight is 201 g/mol. The number of methoxy groups -OCH3 is 1. The molecule has 4 nitrogen and oxygen atoms in total. The van der Waals surface area contributed by atoms with E-state index in [0.717, 1.165) is 19.3 Å². The Bertz CT molecular complexity index is 180. The van der Waals surface area contributed by atoms with Gasteiger partial charge in [0, 0.05) is 26.7 Å². The summed E-state index contributed by atoms with van der Waals surface area (Å²) in [6.45, 7) is 1.01. The third kappa shape index (κ3) is 4.58. The first-order chi connectivity index (χ1) is 6.74. The first-order valence-corrected chi connectivity index (χ1v) is 5.17. The lowest BCUT2D eigenvalue weighted by atomic mass is 10.2. The molecule has 1 atom stereocenters. The summed E-state index contributed by atoms with van der Waals surface area (Å²) in [5.74, 6) is 0.427. The lowest BCUT2D eigenvalue weighted by Crippen LogP contribution is -2.33. The van der Waals surface area contributed by atoms with Gasteiger partial charge in [-0.15, -0.1) is 0 Å². The van der Waals surface area contributed by atoms with Crippen LogP contribution in [0.3, 0.4) is 0 Å². The number of nitrogens with one attached hydrogen (secondary N) is 1. The average Bonchev–Trinajstić information content (AvgIpc) is 2.98. The number of aliphatic hydroxyl groups excluding tert-OH is 1. The summed E-state index contributed by atoms with van der Waals surface area (Å²) in [5.41, 5.74) is 0. The Labute approximate surface area is 84.6 Å². The number of rotatable bonds is 7. The van der Waals surface area contributed by atoms with Crippen LogP contribution in [0.25, 0.3) is 0 Å². The fourth-order valence-corrected chi connectivity index (χ4v) is 1.33. The maximum atomic E-state index is 11.2. The van der Waals surface area contributed by atoms with Gasteiger partial charge >= 0.3 is 0 Å². The molecule has 1 amide bonds. The van der Waals surface area contributed by atoms with Crippen molar-refractivity contribution in [1.82, 2.24) is 5.32 Å². The van der Waals surface area contributed by atoms with Crippen LogP contribution in [0.4, 0.5) is 0 Å². The van der Waals surface area contributed by atoms with E-state index < -0.39 is 0 Å². The van der Waals surface area contributed by atoms with Crippen LogP contribution in [0.1, 0.15) is 25.7 Å². The molecule has 0 aromatic carbocycles. The van der Waals surface area contributed by atoms with Crippen molar-refractivity contribution in [1.29, 1.82) is 0 Å². The molecule has 0 bridgehead atoms. The number of hydrogen-bond acceptors (Lipinski definition) is 3. The Hall–Kier alpha value is -0.610. The van der Waals surface area contributed by atoms with Crippen LogP contribution in [-0.2, 0) is 9.53 Å². The summed E-state index contributed by atoms with van der Waals surface area (Å²) >= 11 is 0. The van der Waals surface area contributed by atoms with Crippen molar-refractivity contribution in [2.45, 2.75) is 31.8 Å². The highest BCUT2D eigenvalue weighted by Gasteiger charge is 2.29. The molecule has 1 unspecified atom stereocenters. The van der Waals surface area contributed by atoms with Gasteiger partial charge in [-0.05, 0) is 25.2 Å².